The third kappa shape index (κ3) is 4.16. The van der Waals surface area contributed by atoms with Gasteiger partial charge in [0.25, 0.3) is 0 Å². The van der Waals surface area contributed by atoms with E-state index in [4.69, 9.17) is 10.5 Å². The van der Waals surface area contributed by atoms with Crippen LogP contribution in [-0.2, 0) is 9.53 Å². The molecule has 2 rings (SSSR count). The van der Waals surface area contributed by atoms with Crippen molar-refractivity contribution in [3.05, 3.63) is 0 Å². The van der Waals surface area contributed by atoms with Crippen molar-refractivity contribution in [2.45, 2.75) is 59.1 Å². The minimum Gasteiger partial charge on any atom is -0.444 e. The number of piperidine rings is 1. The first kappa shape index (κ1) is 18.0. The Labute approximate surface area is 139 Å². The number of hydrogen-bond donors (Lipinski definition) is 1. The van der Waals surface area contributed by atoms with Crippen LogP contribution in [0.15, 0.2) is 0 Å². The van der Waals surface area contributed by atoms with Crippen LogP contribution in [0.4, 0.5) is 4.79 Å². The molecule has 2 saturated heterocycles. The van der Waals surface area contributed by atoms with E-state index in [0.717, 1.165) is 13.0 Å². The predicted octanol–water partition coefficient (Wildman–Crippen LogP) is 1.83. The summed E-state index contributed by atoms with van der Waals surface area (Å²) in [6.07, 6.45) is 1.07. The Morgan fingerprint density at radius 3 is 2.52 bits per heavy atom. The summed E-state index contributed by atoms with van der Waals surface area (Å²) in [6, 6.07) is 0.158. The molecule has 2 atom stereocenters. The van der Waals surface area contributed by atoms with Crippen molar-refractivity contribution in [1.29, 1.82) is 0 Å². The molecule has 0 aliphatic carbocycles. The van der Waals surface area contributed by atoms with Gasteiger partial charge >= 0.3 is 6.09 Å². The summed E-state index contributed by atoms with van der Waals surface area (Å²) < 4.78 is 5.48. The van der Waals surface area contributed by atoms with Gasteiger partial charge in [0.05, 0.1) is 0 Å². The number of ether oxygens (including phenoxy) is 1. The average Bonchev–Trinajstić information content (AvgIpc) is 2.76. The van der Waals surface area contributed by atoms with E-state index in [1.807, 2.05) is 25.7 Å². The summed E-state index contributed by atoms with van der Waals surface area (Å²) in [5, 5.41) is 0. The summed E-state index contributed by atoms with van der Waals surface area (Å²) in [6.45, 7) is 12.4. The predicted molar refractivity (Wildman–Crippen MR) is 88.9 cm³/mol. The highest BCUT2D eigenvalue weighted by Gasteiger charge is 2.45. The molecule has 0 aromatic rings. The maximum atomic E-state index is 12.3. The number of carbonyl (C=O) groups excluding carboxylic acids is 2. The smallest absolute Gasteiger partial charge is 0.410 e. The summed E-state index contributed by atoms with van der Waals surface area (Å²) in [5.41, 5.74) is 5.08. The van der Waals surface area contributed by atoms with E-state index >= 15 is 0 Å². The second-order valence-corrected chi connectivity index (χ2v) is 8.55. The molecule has 0 saturated carbocycles. The summed E-state index contributed by atoms with van der Waals surface area (Å²) in [4.78, 5) is 28.4. The highest BCUT2D eigenvalue weighted by molar-refractivity contribution is 5.79. The van der Waals surface area contributed by atoms with Crippen molar-refractivity contribution in [3.63, 3.8) is 0 Å². The quantitative estimate of drug-likeness (QED) is 0.840. The molecule has 0 radical (unpaired) electrons. The van der Waals surface area contributed by atoms with Crippen molar-refractivity contribution in [3.8, 4) is 0 Å². The molecule has 23 heavy (non-hydrogen) atoms. The minimum absolute atomic E-state index is 0.158. The molecular weight excluding hydrogens is 294 g/mol. The molecule has 0 aromatic heterocycles. The Balaban J connectivity index is 2.03. The van der Waals surface area contributed by atoms with Crippen LogP contribution in [0.3, 0.4) is 0 Å². The molecule has 0 bridgehead atoms. The van der Waals surface area contributed by atoms with Crippen LogP contribution in [0.25, 0.3) is 0 Å². The highest BCUT2D eigenvalue weighted by Crippen LogP contribution is 2.36. The van der Waals surface area contributed by atoms with Crippen LogP contribution in [0.1, 0.15) is 47.5 Å². The van der Waals surface area contributed by atoms with Gasteiger partial charge in [-0.05, 0) is 39.7 Å². The lowest BCUT2D eigenvalue weighted by molar-refractivity contribution is -0.133. The van der Waals surface area contributed by atoms with Crippen LogP contribution in [0.5, 0.6) is 0 Å². The van der Waals surface area contributed by atoms with Gasteiger partial charge in [0.1, 0.15) is 5.60 Å². The number of hydrogen-bond acceptors (Lipinski definition) is 4. The molecule has 0 spiro atoms. The SMILES string of the molecule is CC(C)(C)OC(=O)N1CCC(N2CC(CN)CC2=O)C(C)(C)C1. The Kier molecular flexibility index (Phi) is 4.95. The van der Waals surface area contributed by atoms with E-state index in [-0.39, 0.29) is 29.4 Å². The van der Waals surface area contributed by atoms with Gasteiger partial charge in [0, 0.05) is 37.5 Å². The van der Waals surface area contributed by atoms with Crippen LogP contribution in [0.2, 0.25) is 0 Å². The topological polar surface area (TPSA) is 75.9 Å². The fourth-order valence-electron chi connectivity index (χ4n) is 3.67. The van der Waals surface area contributed by atoms with Crippen LogP contribution in [-0.4, -0.2) is 59.6 Å². The van der Waals surface area contributed by atoms with Gasteiger partial charge in [-0.1, -0.05) is 13.8 Å². The average molecular weight is 325 g/mol. The van der Waals surface area contributed by atoms with Gasteiger partial charge in [-0.2, -0.15) is 0 Å². The molecule has 2 heterocycles. The molecule has 132 valence electrons. The third-order valence-corrected chi connectivity index (χ3v) is 4.77. The number of rotatable bonds is 2. The lowest BCUT2D eigenvalue weighted by atomic mass is 9.78. The highest BCUT2D eigenvalue weighted by atomic mass is 16.6. The number of nitrogens with zero attached hydrogens (tertiary/aromatic N) is 2. The first-order valence-corrected chi connectivity index (χ1v) is 8.51. The van der Waals surface area contributed by atoms with Crippen molar-refractivity contribution in [2.75, 3.05) is 26.2 Å². The van der Waals surface area contributed by atoms with Crippen LogP contribution >= 0.6 is 0 Å². The maximum absolute atomic E-state index is 12.3. The zero-order valence-corrected chi connectivity index (χ0v) is 15.1. The first-order chi connectivity index (χ1) is 10.5. The maximum Gasteiger partial charge on any atom is 0.410 e. The number of likely N-dealkylation sites (tertiary alicyclic amines) is 2. The Bertz CT molecular complexity index is 470. The van der Waals surface area contributed by atoms with Gasteiger partial charge in [-0.3, -0.25) is 4.79 Å². The Morgan fingerprint density at radius 1 is 1.39 bits per heavy atom. The largest absolute Gasteiger partial charge is 0.444 e. The standard InChI is InChI=1S/C17H31N3O3/c1-16(2,3)23-15(22)19-7-6-13(17(4,5)11-19)20-10-12(9-18)8-14(20)21/h12-13H,6-11,18H2,1-5H3. The monoisotopic (exact) mass is 325 g/mol. The second kappa shape index (κ2) is 6.30. The number of nitrogens with two attached hydrogens (primary N) is 1. The molecule has 6 heteroatoms. The lowest BCUT2D eigenvalue weighted by Gasteiger charge is -2.47. The normalized spacial score (nSPS) is 28.2. The van der Waals surface area contributed by atoms with Crippen LogP contribution in [0, 0.1) is 11.3 Å². The van der Waals surface area contributed by atoms with Gasteiger partial charge < -0.3 is 20.3 Å². The summed E-state index contributed by atoms with van der Waals surface area (Å²) in [5.74, 6) is 0.464. The van der Waals surface area contributed by atoms with Crippen molar-refractivity contribution < 1.29 is 14.3 Å². The molecule has 2 aliphatic rings. The molecule has 2 amide bonds. The summed E-state index contributed by atoms with van der Waals surface area (Å²) in [7, 11) is 0. The first-order valence-electron chi connectivity index (χ1n) is 8.51. The van der Waals surface area contributed by atoms with E-state index in [0.29, 0.717) is 26.1 Å². The molecule has 2 unspecified atom stereocenters. The lowest BCUT2D eigenvalue weighted by Crippen LogP contribution is -2.57. The fraction of sp³-hybridized carbons (Fsp3) is 0.882. The number of carbonyl (C=O) groups is 2. The molecular formula is C17H31N3O3. The number of amides is 2. The Morgan fingerprint density at radius 2 is 2.04 bits per heavy atom. The van der Waals surface area contributed by atoms with Crippen molar-refractivity contribution in [2.24, 2.45) is 17.1 Å². The summed E-state index contributed by atoms with van der Waals surface area (Å²) >= 11 is 0. The van der Waals surface area contributed by atoms with Gasteiger partial charge in [0.15, 0.2) is 0 Å². The van der Waals surface area contributed by atoms with E-state index in [1.54, 1.807) is 4.90 Å². The van der Waals surface area contributed by atoms with E-state index in [2.05, 4.69) is 13.8 Å². The van der Waals surface area contributed by atoms with Gasteiger partial charge in [-0.25, -0.2) is 4.79 Å². The molecule has 2 aliphatic heterocycles. The van der Waals surface area contributed by atoms with Crippen LogP contribution < -0.4 is 5.73 Å². The molecule has 2 N–H and O–H groups in total. The Hall–Kier alpha value is -1.30. The van der Waals surface area contributed by atoms with Gasteiger partial charge in [-0.15, -0.1) is 0 Å². The molecule has 6 nitrogen and oxygen atoms in total. The van der Waals surface area contributed by atoms with E-state index in [9.17, 15) is 9.59 Å². The fourth-order valence-corrected chi connectivity index (χ4v) is 3.67. The molecule has 0 aromatic carbocycles. The minimum atomic E-state index is -0.489. The zero-order valence-electron chi connectivity index (χ0n) is 15.1. The zero-order chi connectivity index (χ0) is 17.4. The van der Waals surface area contributed by atoms with E-state index in [1.165, 1.54) is 0 Å². The van der Waals surface area contributed by atoms with Gasteiger partial charge in [0.2, 0.25) is 5.91 Å². The van der Waals surface area contributed by atoms with Crippen molar-refractivity contribution >= 4 is 12.0 Å². The van der Waals surface area contributed by atoms with Crippen molar-refractivity contribution in [1.82, 2.24) is 9.80 Å². The second-order valence-electron chi connectivity index (χ2n) is 8.55. The third-order valence-electron chi connectivity index (χ3n) is 4.77. The molecule has 2 fully saturated rings. The van der Waals surface area contributed by atoms with E-state index < -0.39 is 5.60 Å².